The second-order valence-electron chi connectivity index (χ2n) is 4.76. The minimum absolute atomic E-state index is 0.0513. The Morgan fingerprint density at radius 2 is 2.06 bits per heavy atom. The number of aliphatic hydroxyl groups excluding tert-OH is 1. The van der Waals surface area contributed by atoms with E-state index in [1.165, 1.54) is 6.07 Å². The molecule has 0 radical (unpaired) electrons. The lowest BCUT2D eigenvalue weighted by molar-refractivity contribution is -0.386. The molecule has 0 aromatic heterocycles. The first-order chi connectivity index (χ1) is 7.86. The van der Waals surface area contributed by atoms with Crippen LogP contribution in [0.15, 0.2) is 18.2 Å². The minimum Gasteiger partial charge on any atom is -0.484 e. The molecule has 1 N–H and O–H groups in total. The van der Waals surface area contributed by atoms with Crippen molar-refractivity contribution in [3.8, 4) is 5.75 Å². The summed E-state index contributed by atoms with van der Waals surface area (Å²) in [5, 5.41) is 19.6. The quantitative estimate of drug-likeness (QED) is 0.646. The number of nitrogens with zero attached hydrogens (tertiary/aromatic N) is 1. The van der Waals surface area contributed by atoms with E-state index >= 15 is 0 Å². The molecule has 0 aliphatic carbocycles. The molecule has 0 atom stereocenters. The molecule has 0 bridgehead atoms. The van der Waals surface area contributed by atoms with Gasteiger partial charge in [0, 0.05) is 6.07 Å². The lowest BCUT2D eigenvalue weighted by atomic mass is 9.87. The molecule has 0 saturated heterocycles. The van der Waals surface area contributed by atoms with Crippen LogP contribution >= 0.6 is 0 Å². The van der Waals surface area contributed by atoms with Crippen LogP contribution < -0.4 is 4.74 Å². The van der Waals surface area contributed by atoms with Crippen LogP contribution in [-0.4, -0.2) is 23.2 Å². The summed E-state index contributed by atoms with van der Waals surface area (Å²) >= 11 is 0. The number of nitro benzene ring substituents is 1. The number of ether oxygens (including phenoxy) is 1. The Kier molecular flexibility index (Phi) is 4.07. The maximum Gasteiger partial charge on any atom is 0.311 e. The van der Waals surface area contributed by atoms with Crippen LogP contribution in [0.3, 0.4) is 0 Å². The summed E-state index contributed by atoms with van der Waals surface area (Å²) < 4.78 is 5.12. The maximum absolute atomic E-state index is 10.9. The van der Waals surface area contributed by atoms with Crippen LogP contribution in [0.2, 0.25) is 0 Å². The fourth-order valence-electron chi connectivity index (χ4n) is 1.40. The van der Waals surface area contributed by atoms with Crippen molar-refractivity contribution in [2.75, 3.05) is 13.2 Å². The Balaban J connectivity index is 3.13. The molecular weight excluding hydrogens is 222 g/mol. The van der Waals surface area contributed by atoms with Crippen molar-refractivity contribution in [3.63, 3.8) is 0 Å². The maximum atomic E-state index is 10.9. The molecule has 0 heterocycles. The Morgan fingerprint density at radius 1 is 1.41 bits per heavy atom. The summed E-state index contributed by atoms with van der Waals surface area (Å²) in [6.07, 6.45) is 0. The van der Waals surface area contributed by atoms with Gasteiger partial charge >= 0.3 is 5.69 Å². The van der Waals surface area contributed by atoms with E-state index < -0.39 is 4.92 Å². The SMILES string of the molecule is CC(C)(C)c1ccc(OCCO)c([N+](=O)[O-])c1. The standard InChI is InChI=1S/C12H17NO4/c1-12(2,3)9-4-5-11(17-7-6-14)10(8-9)13(15)16/h4-5,8,14H,6-7H2,1-3H3. The van der Waals surface area contributed by atoms with Gasteiger partial charge in [0.05, 0.1) is 11.5 Å². The molecule has 0 aliphatic rings. The van der Waals surface area contributed by atoms with Gasteiger partial charge in [-0.3, -0.25) is 10.1 Å². The van der Waals surface area contributed by atoms with Gasteiger partial charge in [0.15, 0.2) is 5.75 Å². The third-order valence-corrected chi connectivity index (χ3v) is 2.37. The Labute approximate surface area is 100 Å². The average molecular weight is 239 g/mol. The zero-order valence-electron chi connectivity index (χ0n) is 10.3. The highest BCUT2D eigenvalue weighted by Crippen LogP contribution is 2.32. The van der Waals surface area contributed by atoms with E-state index in [2.05, 4.69) is 0 Å². The van der Waals surface area contributed by atoms with Gasteiger partial charge in [-0.05, 0) is 17.0 Å². The first kappa shape index (κ1) is 13.4. The van der Waals surface area contributed by atoms with E-state index in [4.69, 9.17) is 9.84 Å². The summed E-state index contributed by atoms with van der Waals surface area (Å²) in [6, 6.07) is 4.90. The molecule has 1 rings (SSSR count). The molecule has 1 aromatic carbocycles. The summed E-state index contributed by atoms with van der Waals surface area (Å²) in [5.41, 5.74) is 0.659. The first-order valence-electron chi connectivity index (χ1n) is 5.39. The van der Waals surface area contributed by atoms with E-state index in [-0.39, 0.29) is 30.1 Å². The molecule has 5 heteroatoms. The van der Waals surface area contributed by atoms with Gasteiger partial charge in [0.25, 0.3) is 0 Å². The van der Waals surface area contributed by atoms with Crippen molar-refractivity contribution in [2.24, 2.45) is 0 Å². The predicted octanol–water partition coefficient (Wildman–Crippen LogP) is 2.26. The Hall–Kier alpha value is -1.62. The summed E-state index contributed by atoms with van der Waals surface area (Å²) in [5.74, 6) is 0.192. The topological polar surface area (TPSA) is 72.6 Å². The third kappa shape index (κ3) is 3.42. The van der Waals surface area contributed by atoms with Gasteiger partial charge < -0.3 is 9.84 Å². The van der Waals surface area contributed by atoms with Crippen LogP contribution in [-0.2, 0) is 5.41 Å². The van der Waals surface area contributed by atoms with Gasteiger partial charge in [0.2, 0.25) is 0 Å². The van der Waals surface area contributed by atoms with Crippen molar-refractivity contribution < 1.29 is 14.8 Å². The second kappa shape index (κ2) is 5.14. The van der Waals surface area contributed by atoms with Gasteiger partial charge in [0.1, 0.15) is 6.61 Å². The van der Waals surface area contributed by atoms with Crippen LogP contribution in [0, 0.1) is 10.1 Å². The van der Waals surface area contributed by atoms with E-state index in [1.54, 1.807) is 12.1 Å². The van der Waals surface area contributed by atoms with E-state index in [1.807, 2.05) is 20.8 Å². The van der Waals surface area contributed by atoms with Gasteiger partial charge in [-0.2, -0.15) is 0 Å². The fourth-order valence-corrected chi connectivity index (χ4v) is 1.40. The van der Waals surface area contributed by atoms with Crippen molar-refractivity contribution in [1.29, 1.82) is 0 Å². The number of aliphatic hydroxyl groups is 1. The van der Waals surface area contributed by atoms with Crippen LogP contribution in [0.25, 0.3) is 0 Å². The molecule has 0 unspecified atom stereocenters. The number of nitro groups is 1. The monoisotopic (exact) mass is 239 g/mol. The lowest BCUT2D eigenvalue weighted by Gasteiger charge is -2.19. The van der Waals surface area contributed by atoms with Gasteiger partial charge in [-0.25, -0.2) is 0 Å². The molecule has 1 aromatic rings. The zero-order valence-corrected chi connectivity index (χ0v) is 10.3. The molecular formula is C12H17NO4. The molecule has 0 fully saturated rings. The molecule has 0 aliphatic heterocycles. The molecule has 5 nitrogen and oxygen atoms in total. The molecule has 17 heavy (non-hydrogen) atoms. The van der Waals surface area contributed by atoms with Crippen LogP contribution in [0.5, 0.6) is 5.75 Å². The molecule has 0 amide bonds. The van der Waals surface area contributed by atoms with E-state index in [0.29, 0.717) is 0 Å². The predicted molar refractivity (Wildman–Crippen MR) is 64.4 cm³/mol. The largest absolute Gasteiger partial charge is 0.484 e. The summed E-state index contributed by atoms with van der Waals surface area (Å²) in [4.78, 5) is 10.5. The molecule has 94 valence electrons. The first-order valence-corrected chi connectivity index (χ1v) is 5.39. The average Bonchev–Trinajstić information content (AvgIpc) is 2.24. The van der Waals surface area contributed by atoms with Crippen molar-refractivity contribution in [3.05, 3.63) is 33.9 Å². The van der Waals surface area contributed by atoms with Crippen molar-refractivity contribution >= 4 is 5.69 Å². The smallest absolute Gasteiger partial charge is 0.311 e. The van der Waals surface area contributed by atoms with Gasteiger partial charge in [-0.1, -0.05) is 26.8 Å². The summed E-state index contributed by atoms with van der Waals surface area (Å²) in [6.45, 7) is 5.84. The Morgan fingerprint density at radius 3 is 2.53 bits per heavy atom. The summed E-state index contributed by atoms with van der Waals surface area (Å²) in [7, 11) is 0. The number of benzene rings is 1. The van der Waals surface area contributed by atoms with Crippen LogP contribution in [0.4, 0.5) is 5.69 Å². The normalized spacial score (nSPS) is 11.3. The minimum atomic E-state index is -0.470. The Bertz CT molecular complexity index is 409. The zero-order chi connectivity index (χ0) is 13.1. The molecule has 0 saturated carbocycles. The molecule has 0 spiro atoms. The fraction of sp³-hybridized carbons (Fsp3) is 0.500. The van der Waals surface area contributed by atoms with Gasteiger partial charge in [-0.15, -0.1) is 0 Å². The number of rotatable bonds is 4. The second-order valence-corrected chi connectivity index (χ2v) is 4.76. The highest BCUT2D eigenvalue weighted by Gasteiger charge is 2.21. The van der Waals surface area contributed by atoms with E-state index in [9.17, 15) is 10.1 Å². The third-order valence-electron chi connectivity index (χ3n) is 2.37. The van der Waals surface area contributed by atoms with E-state index in [0.717, 1.165) is 5.56 Å². The lowest BCUT2D eigenvalue weighted by Crippen LogP contribution is -2.12. The highest BCUT2D eigenvalue weighted by atomic mass is 16.6. The van der Waals surface area contributed by atoms with Crippen molar-refractivity contribution in [1.82, 2.24) is 0 Å². The van der Waals surface area contributed by atoms with Crippen molar-refractivity contribution in [2.45, 2.75) is 26.2 Å². The number of hydrogen-bond donors (Lipinski definition) is 1. The number of hydrogen-bond acceptors (Lipinski definition) is 4. The highest BCUT2D eigenvalue weighted by molar-refractivity contribution is 5.50. The van der Waals surface area contributed by atoms with Crippen LogP contribution in [0.1, 0.15) is 26.3 Å².